The van der Waals surface area contributed by atoms with E-state index >= 15 is 0 Å². The molecule has 5 rings (SSSR count). The maximum absolute atomic E-state index is 13.1. The molecule has 1 saturated heterocycles. The van der Waals surface area contributed by atoms with Crippen LogP contribution in [0.25, 0.3) is 33.0 Å². The normalized spacial score (nSPS) is 18.8. The van der Waals surface area contributed by atoms with Crippen molar-refractivity contribution < 1.29 is 32.2 Å². The molecular weight excluding hydrogens is 632 g/mol. The first kappa shape index (κ1) is 33.7. The fraction of sp³-hybridized carbons (Fsp3) is 0.333. The highest BCUT2D eigenvalue weighted by molar-refractivity contribution is 7.85. The van der Waals surface area contributed by atoms with Crippen LogP contribution >= 0.6 is 25.3 Å². The van der Waals surface area contributed by atoms with Crippen molar-refractivity contribution in [1.29, 1.82) is 0 Å². The molecule has 1 heterocycles. The third-order valence-electron chi connectivity index (χ3n) is 8.06. The number of alkyl halides is 3. The number of piperidine rings is 1. The summed E-state index contributed by atoms with van der Waals surface area (Å²) in [5, 5.41) is 1.37. The number of rotatable bonds is 5. The van der Waals surface area contributed by atoms with Crippen molar-refractivity contribution in [2.24, 2.45) is 0 Å². The Morgan fingerprint density at radius 3 is 2.13 bits per heavy atom. The molecule has 1 fully saturated rings. The lowest BCUT2D eigenvalue weighted by molar-refractivity contribution is -0.137. The SMILES string of the molecule is CCOC(=O)c1cc(-c2ccc(C3(S)CCN(C(=O)OC(C)(C)C)CC3S)cc2)c2ccc(-c3ccc(C(F)(F)F)cc3)cc2c1. The number of carbonyl (C=O) groups excluding carboxylic acids is 2. The summed E-state index contributed by atoms with van der Waals surface area (Å²) < 4.78 is 49.6. The predicted molar refractivity (Wildman–Crippen MR) is 182 cm³/mol. The lowest BCUT2D eigenvalue weighted by Gasteiger charge is -2.43. The van der Waals surface area contributed by atoms with Gasteiger partial charge in [0.1, 0.15) is 5.60 Å². The topological polar surface area (TPSA) is 55.8 Å². The van der Waals surface area contributed by atoms with Crippen LogP contribution in [0, 0.1) is 0 Å². The third kappa shape index (κ3) is 7.18. The number of amides is 1. The van der Waals surface area contributed by atoms with Gasteiger partial charge in [-0.1, -0.05) is 48.5 Å². The van der Waals surface area contributed by atoms with Gasteiger partial charge in [-0.2, -0.15) is 38.4 Å². The molecule has 10 heteroatoms. The minimum atomic E-state index is -4.42. The number of nitrogens with zero attached hydrogens (tertiary/aromatic N) is 1. The first-order valence-electron chi connectivity index (χ1n) is 15.0. The van der Waals surface area contributed by atoms with Gasteiger partial charge in [0.05, 0.1) is 22.5 Å². The molecule has 1 aliphatic heterocycles. The molecule has 0 spiro atoms. The van der Waals surface area contributed by atoms with E-state index in [4.69, 9.17) is 34.7 Å². The number of ether oxygens (including phenoxy) is 2. The number of hydrogen-bond acceptors (Lipinski definition) is 6. The molecule has 242 valence electrons. The molecule has 4 aromatic carbocycles. The van der Waals surface area contributed by atoms with Crippen molar-refractivity contribution in [2.75, 3.05) is 19.7 Å². The van der Waals surface area contributed by atoms with Crippen LogP contribution in [0.3, 0.4) is 0 Å². The molecule has 4 aromatic rings. The second-order valence-electron chi connectivity index (χ2n) is 12.4. The average molecular weight is 668 g/mol. The highest BCUT2D eigenvalue weighted by Gasteiger charge is 2.42. The molecule has 2 atom stereocenters. The second-order valence-corrected chi connectivity index (χ2v) is 13.9. The standard InChI is InChI=1S/C36H36F3NO4S2/c1-5-43-32(41)26-19-25-18-24(22-6-13-28(14-7-22)36(37,38)39)10-15-29(25)30(20-26)23-8-11-27(12-9-23)35(46)16-17-40(21-31(35)45)33(42)44-34(2,3)4/h6-15,18-20,31,45-46H,5,16-17,21H2,1-4H3. The number of likely N-dealkylation sites (tertiary alicyclic amines) is 1. The van der Waals surface area contributed by atoms with E-state index < -0.39 is 28.1 Å². The molecule has 0 N–H and O–H groups in total. The van der Waals surface area contributed by atoms with Crippen LogP contribution in [-0.4, -0.2) is 47.5 Å². The van der Waals surface area contributed by atoms with Gasteiger partial charge in [-0.15, -0.1) is 0 Å². The molecular formula is C36H36F3NO4S2. The van der Waals surface area contributed by atoms with E-state index in [0.717, 1.165) is 45.2 Å². The quantitative estimate of drug-likeness (QED) is 0.165. The number of thiol groups is 2. The van der Waals surface area contributed by atoms with Gasteiger partial charge in [0.2, 0.25) is 0 Å². The van der Waals surface area contributed by atoms with E-state index in [-0.39, 0.29) is 18.0 Å². The van der Waals surface area contributed by atoms with Gasteiger partial charge in [-0.05, 0) is 103 Å². The molecule has 0 aliphatic carbocycles. The van der Waals surface area contributed by atoms with E-state index in [1.54, 1.807) is 24.0 Å². The van der Waals surface area contributed by atoms with Gasteiger partial charge in [-0.25, -0.2) is 9.59 Å². The van der Waals surface area contributed by atoms with E-state index in [1.165, 1.54) is 12.1 Å². The average Bonchev–Trinajstić information content (AvgIpc) is 3.00. The molecule has 5 nitrogen and oxygen atoms in total. The summed E-state index contributed by atoms with van der Waals surface area (Å²) in [6.07, 6.45) is -4.21. The Hall–Kier alpha value is -3.63. The zero-order chi connectivity index (χ0) is 33.4. The summed E-state index contributed by atoms with van der Waals surface area (Å²) in [6, 6.07) is 22.1. The third-order valence-corrected chi connectivity index (χ3v) is 9.67. The first-order valence-corrected chi connectivity index (χ1v) is 16.0. The molecule has 1 amide bonds. The number of fused-ring (bicyclic) bond motifs is 1. The van der Waals surface area contributed by atoms with E-state index in [0.29, 0.717) is 30.6 Å². The van der Waals surface area contributed by atoms with Crippen LogP contribution in [0.2, 0.25) is 0 Å². The van der Waals surface area contributed by atoms with Crippen molar-refractivity contribution in [3.8, 4) is 22.3 Å². The number of halogens is 3. The summed E-state index contributed by atoms with van der Waals surface area (Å²) in [5.41, 5.74) is 3.04. The Kier molecular flexibility index (Phi) is 9.44. The minimum absolute atomic E-state index is 0.215. The van der Waals surface area contributed by atoms with Gasteiger partial charge >= 0.3 is 18.2 Å². The monoisotopic (exact) mass is 667 g/mol. The van der Waals surface area contributed by atoms with E-state index in [9.17, 15) is 22.8 Å². The molecule has 46 heavy (non-hydrogen) atoms. The largest absolute Gasteiger partial charge is 0.462 e. The minimum Gasteiger partial charge on any atom is -0.462 e. The second kappa shape index (κ2) is 12.9. The van der Waals surface area contributed by atoms with Crippen LogP contribution in [0.15, 0.2) is 78.9 Å². The maximum Gasteiger partial charge on any atom is 0.416 e. The van der Waals surface area contributed by atoms with Crippen molar-refractivity contribution in [2.45, 2.75) is 55.9 Å². The summed E-state index contributed by atoms with van der Waals surface area (Å²) in [5.74, 6) is -0.467. The Balaban J connectivity index is 1.47. The molecule has 0 radical (unpaired) electrons. The van der Waals surface area contributed by atoms with Crippen molar-refractivity contribution in [3.05, 3.63) is 95.6 Å². The Morgan fingerprint density at radius 1 is 0.913 bits per heavy atom. The summed E-state index contributed by atoms with van der Waals surface area (Å²) in [7, 11) is 0. The first-order chi connectivity index (χ1) is 21.6. The summed E-state index contributed by atoms with van der Waals surface area (Å²) >= 11 is 9.91. The Morgan fingerprint density at radius 2 is 1.54 bits per heavy atom. The van der Waals surface area contributed by atoms with Gasteiger partial charge in [0.25, 0.3) is 0 Å². The van der Waals surface area contributed by atoms with E-state index in [2.05, 4.69) is 0 Å². The molecule has 0 bridgehead atoms. The predicted octanol–water partition coefficient (Wildman–Crippen LogP) is 9.43. The molecule has 0 saturated carbocycles. The van der Waals surface area contributed by atoms with Gasteiger partial charge in [-0.3, -0.25) is 0 Å². The zero-order valence-corrected chi connectivity index (χ0v) is 27.8. The van der Waals surface area contributed by atoms with Crippen molar-refractivity contribution in [1.82, 2.24) is 4.90 Å². The number of esters is 1. The van der Waals surface area contributed by atoms with Crippen molar-refractivity contribution in [3.63, 3.8) is 0 Å². The molecule has 2 unspecified atom stereocenters. The van der Waals surface area contributed by atoms with Crippen LogP contribution in [0.1, 0.15) is 55.6 Å². The smallest absolute Gasteiger partial charge is 0.416 e. The summed E-state index contributed by atoms with van der Waals surface area (Å²) in [4.78, 5) is 27.2. The van der Waals surface area contributed by atoms with Crippen LogP contribution in [0.5, 0.6) is 0 Å². The zero-order valence-electron chi connectivity index (χ0n) is 26.0. The van der Waals surface area contributed by atoms with Gasteiger partial charge in [0, 0.05) is 18.3 Å². The molecule has 0 aromatic heterocycles. The van der Waals surface area contributed by atoms with Crippen LogP contribution in [-0.2, 0) is 20.4 Å². The number of benzene rings is 4. The van der Waals surface area contributed by atoms with Crippen LogP contribution < -0.4 is 0 Å². The van der Waals surface area contributed by atoms with Gasteiger partial charge in [0.15, 0.2) is 0 Å². The van der Waals surface area contributed by atoms with Gasteiger partial charge < -0.3 is 14.4 Å². The van der Waals surface area contributed by atoms with Crippen LogP contribution in [0.4, 0.5) is 18.0 Å². The number of carbonyl (C=O) groups is 2. The highest BCUT2D eigenvalue weighted by atomic mass is 32.1. The molecule has 1 aliphatic rings. The lowest BCUT2D eigenvalue weighted by Crippen LogP contribution is -2.51. The fourth-order valence-electron chi connectivity index (χ4n) is 5.66. The van der Waals surface area contributed by atoms with Crippen molar-refractivity contribution >= 4 is 48.1 Å². The number of hydrogen-bond donors (Lipinski definition) is 2. The highest BCUT2D eigenvalue weighted by Crippen LogP contribution is 2.43. The van der Waals surface area contributed by atoms with E-state index in [1.807, 2.05) is 63.2 Å². The Bertz CT molecular complexity index is 1750. The lowest BCUT2D eigenvalue weighted by atomic mass is 9.86. The Labute approximate surface area is 277 Å². The maximum atomic E-state index is 13.1. The summed E-state index contributed by atoms with van der Waals surface area (Å²) in [6.45, 7) is 8.32. The fourth-order valence-corrected chi connectivity index (χ4v) is 6.47.